The normalized spacial score (nSPS) is 18.6. The molecule has 108 valence electrons. The predicted octanol–water partition coefficient (Wildman–Crippen LogP) is 1.91. The van der Waals surface area contributed by atoms with E-state index in [9.17, 15) is 9.59 Å². The fourth-order valence-electron chi connectivity index (χ4n) is 2.30. The summed E-state index contributed by atoms with van der Waals surface area (Å²) in [5.74, 6) is -0.832. The van der Waals surface area contributed by atoms with E-state index in [-0.39, 0.29) is 25.0 Å². The van der Waals surface area contributed by atoms with E-state index < -0.39 is 11.9 Å². The maximum atomic E-state index is 11.8. The lowest BCUT2D eigenvalue weighted by Gasteiger charge is -2.17. The van der Waals surface area contributed by atoms with E-state index in [2.05, 4.69) is 0 Å². The van der Waals surface area contributed by atoms with E-state index in [0.29, 0.717) is 6.54 Å². The van der Waals surface area contributed by atoms with Crippen LogP contribution in [0, 0.1) is 5.92 Å². The van der Waals surface area contributed by atoms with Crippen molar-refractivity contribution in [3.63, 3.8) is 0 Å². The van der Waals surface area contributed by atoms with Gasteiger partial charge in [-0.1, -0.05) is 12.1 Å². The molecule has 1 aromatic carbocycles. The largest absolute Gasteiger partial charge is 0.491 e. The second-order valence-electron chi connectivity index (χ2n) is 5.33. The molecule has 0 radical (unpaired) electrons. The van der Waals surface area contributed by atoms with Crippen LogP contribution in [0.2, 0.25) is 0 Å². The Hall–Kier alpha value is -2.04. The molecule has 0 spiro atoms. The summed E-state index contributed by atoms with van der Waals surface area (Å²) in [5.41, 5.74) is 0.947. The lowest BCUT2D eigenvalue weighted by atomic mass is 10.1. The standard InChI is InChI=1S/C15H19NO4/c1-10(2)20-13-5-3-4-11(6-13)8-16-9-12(15(18)19)7-14(16)17/h3-6,10,12H,7-9H2,1-2H3,(H,18,19). The second kappa shape index (κ2) is 5.94. The minimum absolute atomic E-state index is 0.0926. The van der Waals surface area contributed by atoms with Crippen LogP contribution >= 0.6 is 0 Å². The topological polar surface area (TPSA) is 66.8 Å². The number of amides is 1. The third-order valence-electron chi connectivity index (χ3n) is 3.21. The van der Waals surface area contributed by atoms with E-state index in [1.165, 1.54) is 0 Å². The van der Waals surface area contributed by atoms with Crippen LogP contribution in [-0.2, 0) is 16.1 Å². The summed E-state index contributed by atoms with van der Waals surface area (Å²) < 4.78 is 5.61. The molecule has 0 bridgehead atoms. The first-order valence-corrected chi connectivity index (χ1v) is 6.72. The summed E-state index contributed by atoms with van der Waals surface area (Å²) >= 11 is 0. The van der Waals surface area contributed by atoms with Gasteiger partial charge in [0.2, 0.25) is 5.91 Å². The number of hydrogen-bond acceptors (Lipinski definition) is 3. The van der Waals surface area contributed by atoms with Gasteiger partial charge in [-0.05, 0) is 31.5 Å². The first-order valence-electron chi connectivity index (χ1n) is 6.72. The maximum Gasteiger partial charge on any atom is 0.308 e. The molecule has 1 aromatic rings. The first-order chi connectivity index (χ1) is 9.45. The number of carbonyl (C=O) groups excluding carboxylic acids is 1. The van der Waals surface area contributed by atoms with E-state index in [1.807, 2.05) is 38.1 Å². The molecule has 5 heteroatoms. The van der Waals surface area contributed by atoms with Crippen molar-refractivity contribution >= 4 is 11.9 Å². The lowest BCUT2D eigenvalue weighted by molar-refractivity contribution is -0.141. The van der Waals surface area contributed by atoms with Gasteiger partial charge in [-0.2, -0.15) is 0 Å². The van der Waals surface area contributed by atoms with Gasteiger partial charge in [0.15, 0.2) is 0 Å². The number of benzene rings is 1. The van der Waals surface area contributed by atoms with Crippen molar-refractivity contribution in [2.24, 2.45) is 5.92 Å². The molecule has 5 nitrogen and oxygen atoms in total. The number of aliphatic carboxylic acids is 1. The van der Waals surface area contributed by atoms with E-state index >= 15 is 0 Å². The van der Waals surface area contributed by atoms with Crippen molar-refractivity contribution in [3.8, 4) is 5.75 Å². The summed E-state index contributed by atoms with van der Waals surface area (Å²) in [6.45, 7) is 4.61. The first kappa shape index (κ1) is 14.4. The molecule has 1 N–H and O–H groups in total. The molecule has 1 heterocycles. The molecule has 1 saturated heterocycles. The van der Waals surface area contributed by atoms with Gasteiger partial charge < -0.3 is 14.7 Å². The van der Waals surface area contributed by atoms with Crippen molar-refractivity contribution < 1.29 is 19.4 Å². The Morgan fingerprint density at radius 2 is 2.25 bits per heavy atom. The lowest BCUT2D eigenvalue weighted by Crippen LogP contribution is -2.25. The van der Waals surface area contributed by atoms with Gasteiger partial charge in [-0.15, -0.1) is 0 Å². The zero-order chi connectivity index (χ0) is 14.7. The number of carbonyl (C=O) groups is 2. The maximum absolute atomic E-state index is 11.8. The van der Waals surface area contributed by atoms with Crippen LogP contribution in [0.1, 0.15) is 25.8 Å². The number of carboxylic acids is 1. The SMILES string of the molecule is CC(C)Oc1cccc(CN2CC(C(=O)O)CC2=O)c1. The average molecular weight is 277 g/mol. The molecule has 20 heavy (non-hydrogen) atoms. The minimum Gasteiger partial charge on any atom is -0.491 e. The van der Waals surface area contributed by atoms with Crippen LogP contribution in [0.4, 0.5) is 0 Å². The van der Waals surface area contributed by atoms with Gasteiger partial charge in [0.05, 0.1) is 12.0 Å². The van der Waals surface area contributed by atoms with Gasteiger partial charge in [-0.3, -0.25) is 9.59 Å². The smallest absolute Gasteiger partial charge is 0.308 e. The van der Waals surface area contributed by atoms with Crippen molar-refractivity contribution in [2.75, 3.05) is 6.54 Å². The van der Waals surface area contributed by atoms with Gasteiger partial charge in [0.1, 0.15) is 5.75 Å². The van der Waals surface area contributed by atoms with Crippen LogP contribution in [0.25, 0.3) is 0 Å². The van der Waals surface area contributed by atoms with Crippen LogP contribution in [0.15, 0.2) is 24.3 Å². The third-order valence-corrected chi connectivity index (χ3v) is 3.21. The van der Waals surface area contributed by atoms with Crippen molar-refractivity contribution in [2.45, 2.75) is 32.9 Å². The summed E-state index contributed by atoms with van der Waals surface area (Å²) in [4.78, 5) is 24.3. The highest BCUT2D eigenvalue weighted by atomic mass is 16.5. The summed E-state index contributed by atoms with van der Waals surface area (Å²) in [7, 11) is 0. The van der Waals surface area contributed by atoms with Gasteiger partial charge >= 0.3 is 5.97 Å². The number of carboxylic acid groups (broad SMARTS) is 1. The number of rotatable bonds is 5. The Bertz CT molecular complexity index is 512. The summed E-state index contributed by atoms with van der Waals surface area (Å²) in [6, 6.07) is 7.55. The minimum atomic E-state index is -0.905. The van der Waals surface area contributed by atoms with Crippen LogP contribution in [0.5, 0.6) is 5.75 Å². The highest BCUT2D eigenvalue weighted by Gasteiger charge is 2.34. The Morgan fingerprint density at radius 1 is 1.50 bits per heavy atom. The highest BCUT2D eigenvalue weighted by Crippen LogP contribution is 2.22. The third kappa shape index (κ3) is 3.50. The molecule has 0 saturated carbocycles. The number of likely N-dealkylation sites (tertiary alicyclic amines) is 1. The quantitative estimate of drug-likeness (QED) is 0.892. The molecule has 1 atom stereocenters. The monoisotopic (exact) mass is 277 g/mol. The Morgan fingerprint density at radius 3 is 2.85 bits per heavy atom. The Balaban J connectivity index is 2.03. The molecule has 1 amide bonds. The van der Waals surface area contributed by atoms with E-state index in [4.69, 9.17) is 9.84 Å². The Kier molecular flexibility index (Phi) is 4.27. The molecule has 1 aliphatic rings. The fourth-order valence-corrected chi connectivity index (χ4v) is 2.30. The van der Waals surface area contributed by atoms with Gasteiger partial charge in [-0.25, -0.2) is 0 Å². The average Bonchev–Trinajstić information content (AvgIpc) is 2.71. The zero-order valence-corrected chi connectivity index (χ0v) is 11.7. The molecular formula is C15H19NO4. The van der Waals surface area contributed by atoms with Crippen LogP contribution in [-0.4, -0.2) is 34.5 Å². The molecule has 1 fully saturated rings. The number of ether oxygens (including phenoxy) is 1. The second-order valence-corrected chi connectivity index (χ2v) is 5.33. The van der Waals surface area contributed by atoms with Gasteiger partial charge in [0, 0.05) is 19.5 Å². The predicted molar refractivity (Wildman–Crippen MR) is 73.4 cm³/mol. The fraction of sp³-hybridized carbons (Fsp3) is 0.467. The summed E-state index contributed by atoms with van der Waals surface area (Å²) in [5, 5.41) is 8.96. The zero-order valence-electron chi connectivity index (χ0n) is 11.7. The van der Waals surface area contributed by atoms with Crippen molar-refractivity contribution in [1.82, 2.24) is 4.90 Å². The summed E-state index contributed by atoms with van der Waals surface area (Å²) in [6.07, 6.45) is 0.187. The number of hydrogen-bond donors (Lipinski definition) is 1. The Labute approximate surface area is 118 Å². The molecule has 2 rings (SSSR count). The van der Waals surface area contributed by atoms with Crippen LogP contribution in [0.3, 0.4) is 0 Å². The molecule has 0 aromatic heterocycles. The van der Waals surface area contributed by atoms with Crippen LogP contribution < -0.4 is 4.74 Å². The van der Waals surface area contributed by atoms with Gasteiger partial charge in [0.25, 0.3) is 0 Å². The number of nitrogens with zero attached hydrogens (tertiary/aromatic N) is 1. The van der Waals surface area contributed by atoms with E-state index in [1.54, 1.807) is 4.90 Å². The van der Waals surface area contributed by atoms with Crippen molar-refractivity contribution in [3.05, 3.63) is 29.8 Å². The van der Waals surface area contributed by atoms with E-state index in [0.717, 1.165) is 11.3 Å². The molecular weight excluding hydrogens is 258 g/mol. The highest BCUT2D eigenvalue weighted by molar-refractivity contribution is 5.86. The molecule has 0 aliphatic carbocycles. The molecule has 1 unspecified atom stereocenters. The van der Waals surface area contributed by atoms with Crippen molar-refractivity contribution in [1.29, 1.82) is 0 Å². The molecule has 1 aliphatic heterocycles.